The number of amides is 2. The first-order valence-electron chi connectivity index (χ1n) is 17.1. The summed E-state index contributed by atoms with van der Waals surface area (Å²) in [6.45, 7) is 5.98. The van der Waals surface area contributed by atoms with Crippen molar-refractivity contribution in [1.82, 2.24) is 29.5 Å². The van der Waals surface area contributed by atoms with Gasteiger partial charge in [0.15, 0.2) is 12.1 Å². The number of benzene rings is 1. The molecule has 7 rings (SSSR count). The first-order chi connectivity index (χ1) is 23.8. The highest BCUT2D eigenvalue weighted by Gasteiger charge is 2.36. The number of aryl methyl sites for hydroxylation is 1. The summed E-state index contributed by atoms with van der Waals surface area (Å²) in [5.74, 6) is 1.50. The van der Waals surface area contributed by atoms with Gasteiger partial charge < -0.3 is 24.7 Å². The van der Waals surface area contributed by atoms with Crippen LogP contribution in [-0.4, -0.2) is 99.1 Å². The molecule has 14 heteroatoms. The molecule has 0 radical (unpaired) electrons. The average molecular weight is 679 g/mol. The second kappa shape index (κ2) is 15.0. The number of halogens is 2. The molecule has 0 saturated carbocycles. The quantitative estimate of drug-likeness (QED) is 0.384. The molecular formula is C35H44F2N8O4. The van der Waals surface area contributed by atoms with Gasteiger partial charge in [0.05, 0.1) is 18.2 Å². The lowest BCUT2D eigenvalue weighted by Gasteiger charge is -2.38. The first-order valence-corrected chi connectivity index (χ1v) is 17.1. The Morgan fingerprint density at radius 2 is 1.65 bits per heavy atom. The average Bonchev–Trinajstić information content (AvgIpc) is 3.53. The molecular weight excluding hydrogens is 634 g/mol. The number of alkyl halides is 2. The summed E-state index contributed by atoms with van der Waals surface area (Å²) < 4.78 is 29.6. The van der Waals surface area contributed by atoms with Crippen LogP contribution in [0.1, 0.15) is 84.2 Å². The third-order valence-electron chi connectivity index (χ3n) is 10.3. The van der Waals surface area contributed by atoms with E-state index in [1.807, 2.05) is 15.9 Å². The molecule has 0 bridgehead atoms. The van der Waals surface area contributed by atoms with Gasteiger partial charge in [-0.15, -0.1) is 0 Å². The molecule has 3 aromatic rings. The van der Waals surface area contributed by atoms with Gasteiger partial charge >= 0.3 is 0 Å². The molecule has 2 amide bonds. The zero-order valence-corrected chi connectivity index (χ0v) is 28.1. The van der Waals surface area contributed by atoms with E-state index in [1.54, 1.807) is 13.0 Å². The smallest absolute Gasteiger partial charge is 0.263 e. The normalized spacial score (nSPS) is 18.5. The van der Waals surface area contributed by atoms with Gasteiger partial charge in [0, 0.05) is 101 Å². The number of anilines is 3. The standard InChI is InChI=1S/C34H40F2N8O3.CH4O/c1-22(46)42-16-10-29-28(20-42)32(43-11-2-3-24-4-5-26(31(35)36)17-30(24)43)39-44(29)27-8-14-40(15-9-27)33(47)25-6-12-41(13-7-25)34-37-18-23(21-45)19-38-34;1-2/h4-5,17-19,21,25,27,31H,2-3,6-16,20H2,1H3;2H,1H3. The molecule has 4 aliphatic heterocycles. The number of carbonyl (C=O) groups excluding carboxylic acids is 3. The van der Waals surface area contributed by atoms with Crippen molar-refractivity contribution in [3.05, 3.63) is 58.5 Å². The van der Waals surface area contributed by atoms with E-state index in [0.717, 1.165) is 80.2 Å². The van der Waals surface area contributed by atoms with Crippen molar-refractivity contribution in [3.63, 3.8) is 0 Å². The van der Waals surface area contributed by atoms with Gasteiger partial charge in [0.2, 0.25) is 17.8 Å². The lowest BCUT2D eigenvalue weighted by molar-refractivity contribution is -0.137. The van der Waals surface area contributed by atoms with Crippen LogP contribution in [0.25, 0.3) is 0 Å². The maximum absolute atomic E-state index is 13.7. The Hall–Kier alpha value is -4.46. The lowest BCUT2D eigenvalue weighted by atomic mass is 9.94. The number of aliphatic hydroxyl groups excluding tert-OH is 1. The molecule has 0 spiro atoms. The summed E-state index contributed by atoms with van der Waals surface area (Å²) in [7, 11) is 1.00. The van der Waals surface area contributed by atoms with Crippen molar-refractivity contribution in [2.75, 3.05) is 56.2 Å². The predicted molar refractivity (Wildman–Crippen MR) is 179 cm³/mol. The molecule has 2 fully saturated rings. The number of rotatable bonds is 6. The van der Waals surface area contributed by atoms with Gasteiger partial charge in [-0.1, -0.05) is 12.1 Å². The predicted octanol–water partition coefficient (Wildman–Crippen LogP) is 4.10. The summed E-state index contributed by atoms with van der Waals surface area (Å²) >= 11 is 0. The monoisotopic (exact) mass is 678 g/mol. The van der Waals surface area contributed by atoms with Crippen LogP contribution in [0.5, 0.6) is 0 Å². The number of hydrogen-bond donors (Lipinski definition) is 1. The number of aliphatic hydroxyl groups is 1. The molecule has 2 aromatic heterocycles. The van der Waals surface area contributed by atoms with Crippen molar-refractivity contribution in [1.29, 1.82) is 0 Å². The van der Waals surface area contributed by atoms with Gasteiger partial charge in [-0.25, -0.2) is 18.7 Å². The molecule has 12 nitrogen and oxygen atoms in total. The lowest BCUT2D eigenvalue weighted by Crippen LogP contribution is -2.46. The topological polar surface area (TPSA) is 128 Å². The second-order valence-corrected chi connectivity index (χ2v) is 13.1. The number of likely N-dealkylation sites (tertiary alicyclic amines) is 1. The molecule has 0 unspecified atom stereocenters. The van der Waals surface area contributed by atoms with Crippen LogP contribution >= 0.6 is 0 Å². The van der Waals surface area contributed by atoms with Crippen molar-refractivity contribution in [3.8, 4) is 0 Å². The van der Waals surface area contributed by atoms with Gasteiger partial charge in [0.1, 0.15) is 0 Å². The molecule has 2 saturated heterocycles. The number of aromatic nitrogens is 4. The maximum atomic E-state index is 13.7. The van der Waals surface area contributed by atoms with Crippen LogP contribution < -0.4 is 9.80 Å². The summed E-state index contributed by atoms with van der Waals surface area (Å²) in [5, 5.41) is 12.2. The highest BCUT2D eigenvalue weighted by atomic mass is 19.3. The fraction of sp³-hybridized carbons (Fsp3) is 0.543. The second-order valence-electron chi connectivity index (χ2n) is 13.1. The van der Waals surface area contributed by atoms with Gasteiger partial charge in [0.25, 0.3) is 6.43 Å². The van der Waals surface area contributed by atoms with Gasteiger partial charge in [-0.05, 0) is 50.2 Å². The van der Waals surface area contributed by atoms with Crippen molar-refractivity contribution in [2.24, 2.45) is 5.92 Å². The molecule has 0 aliphatic carbocycles. The Morgan fingerprint density at radius 1 is 0.939 bits per heavy atom. The highest BCUT2D eigenvalue weighted by molar-refractivity contribution is 5.79. The summed E-state index contributed by atoms with van der Waals surface area (Å²) in [4.78, 5) is 53.5. The van der Waals surface area contributed by atoms with E-state index >= 15 is 0 Å². The summed E-state index contributed by atoms with van der Waals surface area (Å²) in [6.07, 6.45) is 6.60. The van der Waals surface area contributed by atoms with Crippen LogP contribution in [0.15, 0.2) is 30.6 Å². The van der Waals surface area contributed by atoms with Crippen LogP contribution in [0.2, 0.25) is 0 Å². The minimum Gasteiger partial charge on any atom is -0.400 e. The van der Waals surface area contributed by atoms with E-state index in [0.29, 0.717) is 63.7 Å². The molecule has 1 N–H and O–H groups in total. The number of hydrogen-bond acceptors (Lipinski definition) is 9. The third kappa shape index (κ3) is 7.01. The van der Waals surface area contributed by atoms with Crippen molar-refractivity contribution in [2.45, 2.75) is 70.9 Å². The molecule has 49 heavy (non-hydrogen) atoms. The minimum atomic E-state index is -2.56. The zero-order chi connectivity index (χ0) is 34.7. The first kappa shape index (κ1) is 34.4. The summed E-state index contributed by atoms with van der Waals surface area (Å²) in [6, 6.07) is 5.03. The van der Waals surface area contributed by atoms with E-state index in [-0.39, 0.29) is 29.3 Å². The Morgan fingerprint density at radius 3 is 2.31 bits per heavy atom. The number of aldehydes is 1. The van der Waals surface area contributed by atoms with Crippen molar-refractivity contribution < 1.29 is 28.3 Å². The molecule has 1 aromatic carbocycles. The van der Waals surface area contributed by atoms with Crippen LogP contribution in [0.3, 0.4) is 0 Å². The van der Waals surface area contributed by atoms with Gasteiger partial charge in [-0.3, -0.25) is 19.1 Å². The van der Waals surface area contributed by atoms with E-state index in [4.69, 9.17) is 10.2 Å². The Kier molecular flexibility index (Phi) is 10.5. The molecule has 6 heterocycles. The largest absolute Gasteiger partial charge is 0.400 e. The number of carbonyl (C=O) groups is 3. The molecule has 262 valence electrons. The third-order valence-corrected chi connectivity index (χ3v) is 10.3. The minimum absolute atomic E-state index is 0.00129. The Balaban J connectivity index is 0.00000205. The number of fused-ring (bicyclic) bond motifs is 2. The fourth-order valence-electron chi connectivity index (χ4n) is 7.63. The molecule has 0 atom stereocenters. The Bertz CT molecular complexity index is 1650. The fourth-order valence-corrected chi connectivity index (χ4v) is 7.63. The zero-order valence-electron chi connectivity index (χ0n) is 28.1. The van der Waals surface area contributed by atoms with E-state index < -0.39 is 6.43 Å². The van der Waals surface area contributed by atoms with Crippen LogP contribution in [0, 0.1) is 5.92 Å². The summed E-state index contributed by atoms with van der Waals surface area (Å²) in [5.41, 5.74) is 4.35. The van der Waals surface area contributed by atoms with Gasteiger partial charge in [-0.2, -0.15) is 5.10 Å². The van der Waals surface area contributed by atoms with E-state index in [2.05, 4.69) is 24.4 Å². The number of nitrogens with zero attached hydrogens (tertiary/aromatic N) is 8. The van der Waals surface area contributed by atoms with Crippen LogP contribution in [-0.2, 0) is 29.0 Å². The van der Waals surface area contributed by atoms with Crippen molar-refractivity contribution >= 4 is 35.6 Å². The SMILES string of the molecule is CC(=O)N1CCc2c(c(N3CCCc4ccc(C(F)F)cc43)nn2C2CCN(C(=O)C3CCN(c4ncc(C=O)cn4)CC3)CC2)C1.CO. The highest BCUT2D eigenvalue weighted by Crippen LogP contribution is 2.41. The number of piperidine rings is 2. The van der Waals surface area contributed by atoms with E-state index in [9.17, 15) is 23.2 Å². The molecule has 4 aliphatic rings. The Labute approximate surface area is 284 Å². The van der Waals surface area contributed by atoms with E-state index in [1.165, 1.54) is 18.5 Å². The maximum Gasteiger partial charge on any atom is 0.263 e. The van der Waals surface area contributed by atoms with Crippen LogP contribution in [0.4, 0.5) is 26.2 Å².